The van der Waals surface area contributed by atoms with Crippen LogP contribution < -0.4 is 18.9 Å². The Bertz CT molecular complexity index is 6240. The van der Waals surface area contributed by atoms with Gasteiger partial charge in [0.15, 0.2) is 5.78 Å². The van der Waals surface area contributed by atoms with E-state index in [-0.39, 0.29) is 52.3 Å². The Labute approximate surface area is 769 Å². The summed E-state index contributed by atoms with van der Waals surface area (Å²) in [4.78, 5) is 120. The van der Waals surface area contributed by atoms with Gasteiger partial charge in [0, 0.05) is 90.2 Å². The molecule has 14 aromatic carbocycles. The first kappa shape index (κ1) is 91.7. The Kier molecular flexibility index (Phi) is 25.9. The predicted molar refractivity (Wildman–Crippen MR) is 528 cm³/mol. The molecule has 0 atom stereocenters. The summed E-state index contributed by atoms with van der Waals surface area (Å²) in [7, 11) is 0. The number of ether oxygens (including phenoxy) is 5. The van der Waals surface area contributed by atoms with Gasteiger partial charge in [0.25, 0.3) is 35.4 Å². The molecule has 3 aliphatic heterocycles. The van der Waals surface area contributed by atoms with E-state index in [4.69, 9.17) is 23.7 Å². The fraction of sp³-hybridized carbons (Fsp3) is 0.374. The highest BCUT2D eigenvalue weighted by Gasteiger charge is 2.43. The molecule has 0 N–H and O–H groups in total. The van der Waals surface area contributed by atoms with Crippen LogP contribution in [-0.2, 0) is 26.4 Å². The highest BCUT2D eigenvalue weighted by atomic mass is 16.5. The number of benzene rings is 14. The van der Waals surface area contributed by atoms with Gasteiger partial charge in [0.05, 0.1) is 34.4 Å². The van der Waals surface area contributed by atoms with Gasteiger partial charge >= 0.3 is 5.97 Å². The zero-order valence-electron chi connectivity index (χ0n) is 79.4. The molecule has 0 aliphatic carbocycles. The van der Waals surface area contributed by atoms with Crippen molar-refractivity contribution < 1.29 is 62.0 Å². The zero-order valence-corrected chi connectivity index (χ0v) is 79.4. The monoisotopic (exact) mass is 1750 g/mol. The van der Waals surface area contributed by atoms with Gasteiger partial charge in [-0.25, -0.2) is 4.79 Å². The van der Waals surface area contributed by atoms with Crippen molar-refractivity contribution in [3.8, 4) is 46.0 Å². The molecule has 17 rings (SSSR count). The van der Waals surface area contributed by atoms with Gasteiger partial charge in [-0.1, -0.05) is 280 Å². The lowest BCUT2D eigenvalue weighted by molar-refractivity contribution is 0.0499. The van der Waals surface area contributed by atoms with E-state index in [1.165, 1.54) is 21.6 Å². The molecule has 0 aromatic heterocycles. The lowest BCUT2D eigenvalue weighted by Crippen LogP contribution is -2.41. The molecule has 16 nitrogen and oxygen atoms in total. The minimum atomic E-state index is -0.448. The summed E-state index contributed by atoms with van der Waals surface area (Å²) in [6.07, 6.45) is 17.2. The molecular formula is C115H123N3O13. The maximum absolute atomic E-state index is 15.7. The standard InChI is InChI=1S/C80H90N2O8.C35H33NO5/c1-15-17-19-21-23-25-43-81-73(83)57-45-61(87-53-35-27-49(28-36-53)77(3,4)5)67-69-63(89-55-39-31-51(32-40-55)79(9,10)11)47-59-66-60(76(86)82(75(59)85)44-26-24-22-20-18-16-2)48-64(90-56-41-33-52(34-42-56)80(12,13)14)70(72(66)69)68-62(46-58(74(81)84)65(57)71(67)68)88-54-37-29-50(30-38-54)78(6,7)8;1-4-6-8-9-18-36-33(38)26-15-12-23-22-11-10-21(20(3)37)29-28(35(40)41-19-7-5-2)17-14-25(30(22)29)24-13-16-27(34(36)39)32(26)31(23)24/h27-42,45-48H,15-26,43-44H2,1-14H3;10-17H,4-9,18-19H2,1-3H3. The van der Waals surface area contributed by atoms with E-state index in [2.05, 4.69) is 152 Å². The molecule has 0 radical (unpaired) electrons. The molecule has 3 heterocycles. The van der Waals surface area contributed by atoms with Crippen LogP contribution >= 0.6 is 0 Å². The molecule has 14 aromatic rings. The maximum atomic E-state index is 15.7. The number of rotatable bonds is 32. The topological polar surface area (TPSA) is 192 Å². The number of amides is 6. The van der Waals surface area contributed by atoms with Crippen LogP contribution in [0.1, 0.15) is 338 Å². The normalized spacial score (nSPS) is 13.7. The van der Waals surface area contributed by atoms with Gasteiger partial charge in [-0.2, -0.15) is 0 Å². The number of ketones is 1. The molecule has 3 aliphatic rings. The average Bonchev–Trinajstić information content (AvgIpc) is 0.669. The van der Waals surface area contributed by atoms with Crippen LogP contribution in [0.2, 0.25) is 0 Å². The van der Waals surface area contributed by atoms with Crippen molar-refractivity contribution in [3.63, 3.8) is 0 Å². The molecule has 0 fully saturated rings. The van der Waals surface area contributed by atoms with Crippen LogP contribution in [0.4, 0.5) is 0 Å². The van der Waals surface area contributed by atoms with Crippen molar-refractivity contribution in [2.75, 3.05) is 26.2 Å². The highest BCUT2D eigenvalue weighted by molar-refractivity contribution is 6.45. The van der Waals surface area contributed by atoms with Gasteiger partial charge in [0.1, 0.15) is 46.0 Å². The van der Waals surface area contributed by atoms with Crippen molar-refractivity contribution in [2.24, 2.45) is 0 Å². The summed E-state index contributed by atoms with van der Waals surface area (Å²) in [5.41, 5.74) is 6.87. The molecule has 0 unspecified atom stereocenters. The highest BCUT2D eigenvalue weighted by Crippen LogP contribution is 2.59. The number of fused-ring (bicyclic) bond motifs is 4. The molecule has 0 saturated heterocycles. The third kappa shape index (κ3) is 17.6. The van der Waals surface area contributed by atoms with Crippen molar-refractivity contribution >= 4 is 133 Å². The first-order valence-electron chi connectivity index (χ1n) is 47.6. The summed E-state index contributed by atoms with van der Waals surface area (Å²) in [6, 6.07) is 53.9. The van der Waals surface area contributed by atoms with Gasteiger partial charge < -0.3 is 23.7 Å². The number of hydrogen-bond acceptors (Lipinski definition) is 13. The van der Waals surface area contributed by atoms with Gasteiger partial charge in [-0.15, -0.1) is 0 Å². The van der Waals surface area contributed by atoms with Crippen LogP contribution in [0.15, 0.2) is 170 Å². The van der Waals surface area contributed by atoms with Crippen LogP contribution in [-0.4, -0.2) is 88.1 Å². The average molecular weight is 1760 g/mol. The Hall–Kier alpha value is -12.6. The fourth-order valence-electron chi connectivity index (χ4n) is 19.4. The summed E-state index contributed by atoms with van der Waals surface area (Å²) in [5.74, 6) is 0.447. The number of hydrogen-bond donors (Lipinski definition) is 0. The number of esters is 1. The second kappa shape index (κ2) is 37.0. The van der Waals surface area contributed by atoms with Crippen molar-refractivity contribution in [1.29, 1.82) is 0 Å². The molecule has 16 heteroatoms. The fourth-order valence-corrected chi connectivity index (χ4v) is 19.4. The molecule has 6 amide bonds. The summed E-state index contributed by atoms with van der Waals surface area (Å²) in [6.45, 7) is 37.2. The molecule has 131 heavy (non-hydrogen) atoms. The molecule has 676 valence electrons. The second-order valence-corrected chi connectivity index (χ2v) is 40.3. The molecule has 0 saturated carbocycles. The summed E-state index contributed by atoms with van der Waals surface area (Å²) < 4.78 is 34.8. The maximum Gasteiger partial charge on any atom is 0.338 e. The van der Waals surface area contributed by atoms with Gasteiger partial charge in [0.2, 0.25) is 0 Å². The summed E-state index contributed by atoms with van der Waals surface area (Å²) in [5, 5.41) is 10.3. The van der Waals surface area contributed by atoms with Crippen LogP contribution in [0.5, 0.6) is 46.0 Å². The number of carbonyl (C=O) groups excluding carboxylic acids is 8. The minimum absolute atomic E-state index is 0.137. The second-order valence-electron chi connectivity index (χ2n) is 40.3. The number of unbranched alkanes of at least 4 members (excludes halogenated alkanes) is 14. The Balaban J connectivity index is 0.000000253. The van der Waals surface area contributed by atoms with Gasteiger partial charge in [-0.05, 0) is 200 Å². The first-order chi connectivity index (χ1) is 62.6. The van der Waals surface area contributed by atoms with E-state index < -0.39 is 29.6 Å². The lowest BCUT2D eigenvalue weighted by atomic mass is 9.80. The molecular weight excluding hydrogens is 1630 g/mol. The van der Waals surface area contributed by atoms with E-state index in [0.717, 1.165) is 157 Å². The predicted octanol–water partition coefficient (Wildman–Crippen LogP) is 30.1. The SMILES string of the molecule is CCCCCCCCN1C(=O)c2cc(Oc3ccc(C(C)(C)C)cc3)c3c4c(Oc5ccc(C(C)(C)C)cc5)cc5c6c(cc(Oc7ccc(C(C)(C)C)cc7)c(c7c(Oc8ccc(C(C)(C)C)cc8)cc(c2c37)C1=O)c64)C(=O)N(CCCCCCCC)C5=O.CCCCCCN1C(=O)c2ccc3c4ccc(C(C)=O)c5c(C(=O)OCCCC)ccc(c6ccc(c2c36)C1=O)c54. The number of carbonyl (C=O) groups is 8. The van der Waals surface area contributed by atoms with Crippen LogP contribution in [0.3, 0.4) is 0 Å². The van der Waals surface area contributed by atoms with Gasteiger partial charge in [-0.3, -0.25) is 48.3 Å². The largest absolute Gasteiger partial charge is 0.462 e. The minimum Gasteiger partial charge on any atom is -0.462 e. The molecule has 0 spiro atoms. The smallest absolute Gasteiger partial charge is 0.338 e. The number of imide groups is 3. The summed E-state index contributed by atoms with van der Waals surface area (Å²) >= 11 is 0. The quantitative estimate of drug-likeness (QED) is 0.00966. The van der Waals surface area contributed by atoms with E-state index in [9.17, 15) is 19.2 Å². The Morgan fingerprint density at radius 2 is 0.511 bits per heavy atom. The van der Waals surface area contributed by atoms with Crippen LogP contribution in [0.25, 0.3) is 86.2 Å². The molecule has 0 bridgehead atoms. The third-order valence-electron chi connectivity index (χ3n) is 26.7. The zero-order chi connectivity index (χ0) is 93.0. The van der Waals surface area contributed by atoms with E-state index in [1.54, 1.807) is 36.4 Å². The Morgan fingerprint density at radius 3 is 0.802 bits per heavy atom. The van der Waals surface area contributed by atoms with E-state index in [1.807, 2.05) is 91.9 Å². The third-order valence-corrected chi connectivity index (χ3v) is 26.7. The Morgan fingerprint density at radius 1 is 0.260 bits per heavy atom. The van der Waals surface area contributed by atoms with E-state index in [0.29, 0.717) is 170 Å². The first-order valence-corrected chi connectivity index (χ1v) is 47.6. The van der Waals surface area contributed by atoms with Crippen molar-refractivity contribution in [3.05, 3.63) is 237 Å². The van der Waals surface area contributed by atoms with E-state index >= 15 is 19.2 Å². The van der Waals surface area contributed by atoms with Crippen molar-refractivity contribution in [1.82, 2.24) is 14.7 Å². The van der Waals surface area contributed by atoms with Crippen LogP contribution in [0, 0.1) is 0 Å². The number of Topliss-reactive ketones (excluding diaryl/α,β-unsaturated/α-hetero) is 1. The van der Waals surface area contributed by atoms with Crippen molar-refractivity contribution in [2.45, 2.75) is 255 Å². The lowest BCUT2D eigenvalue weighted by Gasteiger charge is -2.32. The number of nitrogens with zero attached hydrogens (tertiary/aromatic N) is 3.